The Hall–Kier alpha value is -2.98. The van der Waals surface area contributed by atoms with E-state index >= 15 is 0 Å². The molecule has 0 atom stereocenters. The van der Waals surface area contributed by atoms with Crippen molar-refractivity contribution in [1.82, 2.24) is 14.5 Å². The zero-order valence-electron chi connectivity index (χ0n) is 21.4. The molecule has 0 unspecified atom stereocenters. The SMILES string of the molecule is Cc1ccc(-n2c(SCC(=O)Nc3nc(-c4ccccc4Cl)cs3)nc3sc4c(c3c2=O)CCCC4)c(C)c1. The molecule has 0 spiro atoms. The molecule has 0 fully saturated rings. The molecule has 0 saturated heterocycles. The highest BCUT2D eigenvalue weighted by molar-refractivity contribution is 7.99. The summed E-state index contributed by atoms with van der Waals surface area (Å²) < 4.78 is 1.69. The summed E-state index contributed by atoms with van der Waals surface area (Å²) in [6, 6.07) is 13.5. The molecule has 3 aromatic heterocycles. The van der Waals surface area contributed by atoms with Crippen molar-refractivity contribution in [1.29, 1.82) is 0 Å². The van der Waals surface area contributed by atoms with Gasteiger partial charge >= 0.3 is 0 Å². The minimum Gasteiger partial charge on any atom is -0.301 e. The number of thioether (sulfide) groups is 1. The largest absolute Gasteiger partial charge is 0.301 e. The number of halogens is 1. The van der Waals surface area contributed by atoms with Gasteiger partial charge in [-0.05, 0) is 62.8 Å². The Morgan fingerprint density at radius 2 is 1.95 bits per heavy atom. The van der Waals surface area contributed by atoms with E-state index in [0.29, 0.717) is 21.0 Å². The second kappa shape index (κ2) is 10.9. The fourth-order valence-electron chi connectivity index (χ4n) is 4.96. The third-order valence-corrected chi connectivity index (χ3v) is 10.00. The van der Waals surface area contributed by atoms with Crippen LogP contribution in [0.3, 0.4) is 0 Å². The fraction of sp³-hybridized carbons (Fsp3) is 0.241. The first kappa shape index (κ1) is 26.3. The van der Waals surface area contributed by atoms with Crippen LogP contribution in [0.1, 0.15) is 34.4 Å². The number of nitrogens with zero attached hydrogens (tertiary/aromatic N) is 3. The summed E-state index contributed by atoms with van der Waals surface area (Å²) >= 11 is 10.5. The van der Waals surface area contributed by atoms with E-state index < -0.39 is 0 Å². The highest BCUT2D eigenvalue weighted by Gasteiger charge is 2.24. The van der Waals surface area contributed by atoms with Crippen LogP contribution < -0.4 is 10.9 Å². The number of fused-ring (bicyclic) bond motifs is 3. The van der Waals surface area contributed by atoms with E-state index in [1.54, 1.807) is 15.9 Å². The van der Waals surface area contributed by atoms with Gasteiger partial charge in [0.2, 0.25) is 5.91 Å². The summed E-state index contributed by atoms with van der Waals surface area (Å²) in [6.07, 6.45) is 4.14. The fourth-order valence-corrected chi connectivity index (χ4v) is 8.03. The van der Waals surface area contributed by atoms with Gasteiger partial charge in [-0.25, -0.2) is 9.97 Å². The molecule has 3 heterocycles. The molecular formula is C29H25ClN4O2S3. The molecule has 5 aromatic rings. The minimum atomic E-state index is -0.216. The molecule has 6 nitrogen and oxygen atoms in total. The Bertz CT molecular complexity index is 1790. The molecule has 198 valence electrons. The smallest absolute Gasteiger partial charge is 0.267 e. The Kier molecular flexibility index (Phi) is 7.33. The Labute approximate surface area is 243 Å². The third-order valence-electron chi connectivity index (χ3n) is 6.78. The number of rotatable bonds is 6. The number of hydrogen-bond donors (Lipinski definition) is 1. The van der Waals surface area contributed by atoms with Crippen molar-refractivity contribution >= 4 is 67.3 Å². The monoisotopic (exact) mass is 592 g/mol. The van der Waals surface area contributed by atoms with Gasteiger partial charge in [0, 0.05) is 20.8 Å². The van der Waals surface area contributed by atoms with E-state index in [4.69, 9.17) is 16.6 Å². The number of amides is 1. The number of aromatic nitrogens is 3. The molecule has 1 amide bonds. The Morgan fingerprint density at radius 3 is 2.77 bits per heavy atom. The summed E-state index contributed by atoms with van der Waals surface area (Å²) in [6.45, 7) is 4.04. The lowest BCUT2D eigenvalue weighted by Gasteiger charge is -2.15. The maximum absolute atomic E-state index is 14.0. The van der Waals surface area contributed by atoms with Crippen molar-refractivity contribution in [3.63, 3.8) is 0 Å². The van der Waals surface area contributed by atoms with Crippen LogP contribution in [0.25, 0.3) is 27.2 Å². The van der Waals surface area contributed by atoms with Gasteiger partial charge in [0.25, 0.3) is 5.56 Å². The molecular weight excluding hydrogens is 568 g/mol. The summed E-state index contributed by atoms with van der Waals surface area (Å²) in [7, 11) is 0. The van der Waals surface area contributed by atoms with E-state index in [1.165, 1.54) is 28.0 Å². The van der Waals surface area contributed by atoms with E-state index in [0.717, 1.165) is 63.8 Å². The Morgan fingerprint density at radius 1 is 1.13 bits per heavy atom. The normalized spacial score (nSPS) is 13.0. The summed E-state index contributed by atoms with van der Waals surface area (Å²) in [5.74, 6) is -0.123. The first-order chi connectivity index (χ1) is 18.9. The van der Waals surface area contributed by atoms with Gasteiger partial charge in [-0.15, -0.1) is 22.7 Å². The number of thiazole rings is 1. The number of carbonyl (C=O) groups is 1. The van der Waals surface area contributed by atoms with Crippen molar-refractivity contribution in [2.24, 2.45) is 0 Å². The summed E-state index contributed by atoms with van der Waals surface area (Å²) in [4.78, 5) is 38.5. The van der Waals surface area contributed by atoms with Crippen LogP contribution in [-0.4, -0.2) is 26.2 Å². The van der Waals surface area contributed by atoms with Crippen molar-refractivity contribution in [3.05, 3.63) is 84.8 Å². The van der Waals surface area contributed by atoms with Gasteiger partial charge in [-0.3, -0.25) is 14.2 Å². The van der Waals surface area contributed by atoms with Crippen LogP contribution in [-0.2, 0) is 17.6 Å². The van der Waals surface area contributed by atoms with Crippen LogP contribution in [0.5, 0.6) is 0 Å². The van der Waals surface area contributed by atoms with Crippen LogP contribution >= 0.6 is 46.0 Å². The van der Waals surface area contributed by atoms with Crippen LogP contribution in [0.4, 0.5) is 5.13 Å². The average molecular weight is 593 g/mol. The zero-order valence-corrected chi connectivity index (χ0v) is 24.6. The van der Waals surface area contributed by atoms with E-state index in [1.807, 2.05) is 55.6 Å². The average Bonchev–Trinajstić information content (AvgIpc) is 3.53. The predicted octanol–water partition coefficient (Wildman–Crippen LogP) is 7.45. The first-order valence-corrected chi connectivity index (χ1v) is 15.7. The molecule has 0 radical (unpaired) electrons. The van der Waals surface area contributed by atoms with Crippen LogP contribution in [0.15, 0.2) is 57.8 Å². The number of anilines is 1. The van der Waals surface area contributed by atoms with E-state index in [9.17, 15) is 9.59 Å². The topological polar surface area (TPSA) is 76.9 Å². The first-order valence-electron chi connectivity index (χ1n) is 12.7. The standard InChI is InChI=1S/C29H25ClN4O2S3/c1-16-11-12-22(17(2)13-16)34-27(36)25-19-8-4-6-10-23(19)39-26(25)33-29(34)38-15-24(35)32-28-31-21(14-37-28)18-7-3-5-9-20(18)30/h3,5,7,9,11-14H,4,6,8,10,15H2,1-2H3,(H,31,32,35). The summed E-state index contributed by atoms with van der Waals surface area (Å²) in [5.41, 5.74) is 5.54. The number of thiophene rings is 1. The number of hydrogen-bond acceptors (Lipinski definition) is 7. The maximum atomic E-state index is 14.0. The Balaban J connectivity index is 1.31. The quantitative estimate of drug-likeness (QED) is 0.164. The van der Waals surface area contributed by atoms with Crippen molar-refractivity contribution < 1.29 is 4.79 Å². The second-order valence-electron chi connectivity index (χ2n) is 9.57. The molecule has 1 N–H and O–H groups in total. The minimum absolute atomic E-state index is 0.0569. The van der Waals surface area contributed by atoms with Gasteiger partial charge in [0.05, 0.1) is 22.5 Å². The van der Waals surface area contributed by atoms with E-state index in [-0.39, 0.29) is 17.2 Å². The summed E-state index contributed by atoms with van der Waals surface area (Å²) in [5, 5.41) is 7.11. The highest BCUT2D eigenvalue weighted by Crippen LogP contribution is 2.36. The van der Waals surface area contributed by atoms with Gasteiger partial charge in [-0.1, -0.05) is 59.3 Å². The van der Waals surface area contributed by atoms with Crippen molar-refractivity contribution in [2.75, 3.05) is 11.1 Å². The zero-order chi connectivity index (χ0) is 27.1. The molecule has 2 aromatic carbocycles. The van der Waals surface area contributed by atoms with Gasteiger partial charge in [-0.2, -0.15) is 0 Å². The molecule has 39 heavy (non-hydrogen) atoms. The van der Waals surface area contributed by atoms with Crippen molar-refractivity contribution in [3.8, 4) is 16.9 Å². The van der Waals surface area contributed by atoms with Gasteiger partial charge in [0.1, 0.15) is 4.83 Å². The third kappa shape index (κ3) is 5.16. The van der Waals surface area contributed by atoms with Crippen LogP contribution in [0.2, 0.25) is 5.02 Å². The van der Waals surface area contributed by atoms with E-state index in [2.05, 4.69) is 16.4 Å². The second-order valence-corrected chi connectivity index (χ2v) is 12.9. The number of carbonyl (C=O) groups excluding carboxylic acids is 1. The van der Waals surface area contributed by atoms with Crippen LogP contribution in [0, 0.1) is 13.8 Å². The highest BCUT2D eigenvalue weighted by atomic mass is 35.5. The molecule has 0 bridgehead atoms. The van der Waals surface area contributed by atoms with Crippen molar-refractivity contribution in [2.45, 2.75) is 44.7 Å². The lowest BCUT2D eigenvalue weighted by atomic mass is 9.97. The molecule has 0 saturated carbocycles. The molecule has 0 aliphatic heterocycles. The number of nitrogens with one attached hydrogen (secondary N) is 1. The number of aryl methyl sites for hydroxylation is 4. The van der Waals surface area contributed by atoms with Gasteiger partial charge in [0.15, 0.2) is 10.3 Å². The lowest BCUT2D eigenvalue weighted by molar-refractivity contribution is -0.113. The molecule has 10 heteroatoms. The lowest BCUT2D eigenvalue weighted by Crippen LogP contribution is -2.24. The predicted molar refractivity (Wildman–Crippen MR) is 163 cm³/mol. The number of benzene rings is 2. The molecule has 1 aliphatic carbocycles. The molecule has 6 rings (SSSR count). The maximum Gasteiger partial charge on any atom is 0.267 e. The molecule has 1 aliphatic rings. The van der Waals surface area contributed by atoms with Gasteiger partial charge < -0.3 is 5.32 Å².